The molecule has 4 nitrogen and oxygen atoms in total. The molecule has 0 spiro atoms. The number of ether oxygens (including phenoxy) is 1. The summed E-state index contributed by atoms with van der Waals surface area (Å²) in [5.41, 5.74) is 3.01. The normalized spacial score (nSPS) is 15.6. The molecule has 0 radical (unpaired) electrons. The number of halogens is 5. The van der Waals surface area contributed by atoms with Gasteiger partial charge in [0.1, 0.15) is 11.4 Å². The van der Waals surface area contributed by atoms with Gasteiger partial charge in [0.05, 0.1) is 0 Å². The first-order chi connectivity index (χ1) is 11.4. The van der Waals surface area contributed by atoms with Crippen LogP contribution in [0.5, 0.6) is 5.75 Å². The standard InChI is InChI=1S/C15H9F5N2O2/c16-9-10(17)12(19)14(13(20)11(9)18)21-22-15(23)8-5-6-3-1-2-4-7(6)24-8/h1-4,8,21H,5H2,(H,22,23)/t8-/m1/s1. The van der Waals surface area contributed by atoms with Gasteiger partial charge in [0.25, 0.3) is 5.91 Å². The van der Waals surface area contributed by atoms with E-state index in [1.165, 1.54) is 0 Å². The molecule has 24 heavy (non-hydrogen) atoms. The molecule has 0 saturated carbocycles. The molecule has 0 fully saturated rings. The van der Waals surface area contributed by atoms with Crippen molar-refractivity contribution in [2.75, 3.05) is 5.43 Å². The first-order valence-corrected chi connectivity index (χ1v) is 6.72. The minimum Gasteiger partial charge on any atom is -0.480 e. The number of carbonyl (C=O) groups excluding carboxylic acids is 1. The topological polar surface area (TPSA) is 50.4 Å². The van der Waals surface area contributed by atoms with Gasteiger partial charge in [-0.2, -0.15) is 0 Å². The van der Waals surface area contributed by atoms with Crippen molar-refractivity contribution in [2.24, 2.45) is 0 Å². The summed E-state index contributed by atoms with van der Waals surface area (Å²) < 4.78 is 71.4. The van der Waals surface area contributed by atoms with Crippen LogP contribution < -0.4 is 15.6 Å². The third-order valence-electron chi connectivity index (χ3n) is 3.46. The maximum Gasteiger partial charge on any atom is 0.279 e. The van der Waals surface area contributed by atoms with Crippen molar-refractivity contribution in [1.29, 1.82) is 0 Å². The number of nitrogens with one attached hydrogen (secondary N) is 2. The summed E-state index contributed by atoms with van der Waals surface area (Å²) in [6.45, 7) is 0. The van der Waals surface area contributed by atoms with Gasteiger partial charge in [-0.3, -0.25) is 15.6 Å². The summed E-state index contributed by atoms with van der Waals surface area (Å²) in [6, 6.07) is 6.82. The number of benzene rings is 2. The average Bonchev–Trinajstić information content (AvgIpc) is 3.02. The molecular weight excluding hydrogens is 335 g/mol. The Labute approximate surface area is 132 Å². The highest BCUT2D eigenvalue weighted by atomic mass is 19.2. The molecule has 1 aliphatic heterocycles. The van der Waals surface area contributed by atoms with Gasteiger partial charge in [-0.05, 0) is 11.6 Å². The molecule has 3 rings (SSSR count). The van der Waals surface area contributed by atoms with Gasteiger partial charge < -0.3 is 4.74 Å². The van der Waals surface area contributed by atoms with Gasteiger partial charge >= 0.3 is 0 Å². The van der Waals surface area contributed by atoms with Crippen molar-refractivity contribution in [3.63, 3.8) is 0 Å². The van der Waals surface area contributed by atoms with Crippen LogP contribution >= 0.6 is 0 Å². The van der Waals surface area contributed by atoms with Crippen molar-refractivity contribution in [3.8, 4) is 5.75 Å². The number of anilines is 1. The molecule has 1 heterocycles. The van der Waals surface area contributed by atoms with E-state index in [9.17, 15) is 26.7 Å². The highest BCUT2D eigenvalue weighted by Crippen LogP contribution is 2.29. The first kappa shape index (κ1) is 16.0. The van der Waals surface area contributed by atoms with E-state index in [0.717, 1.165) is 5.56 Å². The predicted octanol–water partition coefficient (Wildman–Crippen LogP) is 2.83. The summed E-state index contributed by atoms with van der Waals surface area (Å²) in [7, 11) is 0. The largest absolute Gasteiger partial charge is 0.480 e. The second-order valence-corrected chi connectivity index (χ2v) is 4.98. The summed E-state index contributed by atoms with van der Waals surface area (Å²) in [5.74, 6) is -11.0. The van der Waals surface area contributed by atoms with E-state index in [2.05, 4.69) is 0 Å². The molecule has 0 saturated heterocycles. The summed E-state index contributed by atoms with van der Waals surface area (Å²) in [4.78, 5) is 11.9. The molecular formula is C15H9F5N2O2. The monoisotopic (exact) mass is 344 g/mol. The Hall–Kier alpha value is -2.84. The van der Waals surface area contributed by atoms with Gasteiger partial charge in [-0.1, -0.05) is 18.2 Å². The van der Waals surface area contributed by atoms with E-state index >= 15 is 0 Å². The van der Waals surface area contributed by atoms with E-state index in [-0.39, 0.29) is 6.42 Å². The summed E-state index contributed by atoms with van der Waals surface area (Å²) in [6.07, 6.45) is -0.781. The number of fused-ring (bicyclic) bond motifs is 1. The van der Waals surface area contributed by atoms with Crippen LogP contribution in [0.25, 0.3) is 0 Å². The van der Waals surface area contributed by atoms with E-state index in [1.54, 1.807) is 29.7 Å². The third kappa shape index (κ3) is 2.61. The zero-order valence-electron chi connectivity index (χ0n) is 11.8. The maximum atomic E-state index is 13.5. The lowest BCUT2D eigenvalue weighted by molar-refractivity contribution is -0.126. The lowest BCUT2D eigenvalue weighted by Gasteiger charge is -2.14. The Balaban J connectivity index is 1.72. The van der Waals surface area contributed by atoms with Crippen LogP contribution in [0, 0.1) is 29.1 Å². The van der Waals surface area contributed by atoms with Crippen LogP contribution in [0.1, 0.15) is 5.56 Å². The van der Waals surface area contributed by atoms with E-state index in [0.29, 0.717) is 5.75 Å². The number of rotatable bonds is 3. The zero-order valence-corrected chi connectivity index (χ0v) is 11.8. The molecule has 1 atom stereocenters. The van der Waals surface area contributed by atoms with Gasteiger partial charge in [0.2, 0.25) is 5.82 Å². The zero-order chi connectivity index (χ0) is 17.4. The van der Waals surface area contributed by atoms with E-state index in [4.69, 9.17) is 4.74 Å². The number of carbonyl (C=O) groups is 1. The minimum absolute atomic E-state index is 0.209. The van der Waals surface area contributed by atoms with Crippen molar-refractivity contribution < 1.29 is 31.5 Å². The van der Waals surface area contributed by atoms with Gasteiger partial charge in [0.15, 0.2) is 29.4 Å². The van der Waals surface area contributed by atoms with Crippen molar-refractivity contribution >= 4 is 11.6 Å². The number of para-hydroxylation sites is 1. The highest BCUT2D eigenvalue weighted by molar-refractivity contribution is 5.83. The van der Waals surface area contributed by atoms with Gasteiger partial charge in [0, 0.05) is 6.42 Å². The molecule has 0 unspecified atom stereocenters. The van der Waals surface area contributed by atoms with Gasteiger partial charge in [-0.25, -0.2) is 22.0 Å². The molecule has 0 aliphatic carbocycles. The lowest BCUT2D eigenvalue weighted by Crippen LogP contribution is -2.41. The maximum absolute atomic E-state index is 13.5. The van der Waals surface area contributed by atoms with E-state index in [1.807, 2.05) is 5.43 Å². The summed E-state index contributed by atoms with van der Waals surface area (Å²) in [5, 5.41) is 0. The molecule has 0 aromatic heterocycles. The predicted molar refractivity (Wildman–Crippen MR) is 72.6 cm³/mol. The van der Waals surface area contributed by atoms with Crippen molar-refractivity contribution in [1.82, 2.24) is 5.43 Å². The van der Waals surface area contributed by atoms with Crippen LogP contribution in [-0.4, -0.2) is 12.0 Å². The molecule has 1 aliphatic rings. The smallest absolute Gasteiger partial charge is 0.279 e. The van der Waals surface area contributed by atoms with Crippen LogP contribution in [0.2, 0.25) is 0 Å². The molecule has 0 bridgehead atoms. The average molecular weight is 344 g/mol. The van der Waals surface area contributed by atoms with Crippen molar-refractivity contribution in [2.45, 2.75) is 12.5 Å². The Kier molecular flexibility index (Phi) is 4.00. The van der Waals surface area contributed by atoms with Crippen molar-refractivity contribution in [3.05, 3.63) is 58.9 Å². The van der Waals surface area contributed by atoms with Crippen LogP contribution in [0.3, 0.4) is 0 Å². The molecule has 2 N–H and O–H groups in total. The molecule has 9 heteroatoms. The minimum atomic E-state index is -2.28. The second kappa shape index (κ2) is 5.99. The lowest BCUT2D eigenvalue weighted by atomic mass is 10.1. The fraction of sp³-hybridized carbons (Fsp3) is 0.133. The highest BCUT2D eigenvalue weighted by Gasteiger charge is 2.30. The Morgan fingerprint density at radius 1 is 0.958 bits per heavy atom. The molecule has 2 aromatic rings. The number of hydrazine groups is 1. The Bertz CT molecular complexity index is 774. The Morgan fingerprint density at radius 2 is 1.54 bits per heavy atom. The molecule has 2 aromatic carbocycles. The number of amides is 1. The number of hydrogen-bond donors (Lipinski definition) is 2. The van der Waals surface area contributed by atoms with Crippen LogP contribution in [-0.2, 0) is 11.2 Å². The third-order valence-corrected chi connectivity index (χ3v) is 3.46. The second-order valence-electron chi connectivity index (χ2n) is 4.98. The van der Waals surface area contributed by atoms with Crippen LogP contribution in [0.4, 0.5) is 27.6 Å². The Morgan fingerprint density at radius 3 is 2.17 bits per heavy atom. The first-order valence-electron chi connectivity index (χ1n) is 6.72. The molecule has 1 amide bonds. The number of hydrogen-bond acceptors (Lipinski definition) is 3. The SMILES string of the molecule is O=C(NNc1c(F)c(F)c(F)c(F)c1F)[C@H]1Cc2ccccc2O1. The fourth-order valence-corrected chi connectivity index (χ4v) is 2.25. The summed E-state index contributed by atoms with van der Waals surface area (Å²) >= 11 is 0. The van der Waals surface area contributed by atoms with Gasteiger partial charge in [-0.15, -0.1) is 0 Å². The van der Waals surface area contributed by atoms with Crippen LogP contribution in [0.15, 0.2) is 24.3 Å². The fourth-order valence-electron chi connectivity index (χ4n) is 2.25. The van der Waals surface area contributed by atoms with E-state index < -0.39 is 46.8 Å². The molecule has 126 valence electrons. The quantitative estimate of drug-likeness (QED) is 0.390.